The maximum absolute atomic E-state index is 12.7. The van der Waals surface area contributed by atoms with E-state index >= 15 is 0 Å². The summed E-state index contributed by atoms with van der Waals surface area (Å²) in [6.45, 7) is 7.84. The van der Waals surface area contributed by atoms with Gasteiger partial charge < -0.3 is 14.2 Å². The molecule has 5 nitrogen and oxygen atoms in total. The Bertz CT molecular complexity index is 1330. The molecule has 4 rings (SSSR count). The van der Waals surface area contributed by atoms with Gasteiger partial charge in [-0.3, -0.25) is 4.79 Å². The molecule has 0 saturated heterocycles. The molecule has 5 heteroatoms. The molecule has 166 valence electrons. The summed E-state index contributed by atoms with van der Waals surface area (Å²) >= 11 is 0. The third-order valence-corrected chi connectivity index (χ3v) is 6.25. The first kappa shape index (κ1) is 21.9. The summed E-state index contributed by atoms with van der Waals surface area (Å²) in [7, 11) is 0. The van der Waals surface area contributed by atoms with Crippen molar-refractivity contribution in [2.45, 2.75) is 59.4 Å². The van der Waals surface area contributed by atoms with Crippen molar-refractivity contribution in [2.24, 2.45) is 0 Å². The SMILES string of the molecule is Cc1coc2c(C)c3oc(=O)c(CCC(=O)N[C@@H](C)CCc4ccccc4)c(C)c3cc12. The predicted octanol–water partition coefficient (Wildman–Crippen LogP) is 5.53. The molecule has 2 aromatic carbocycles. The molecule has 0 saturated carbocycles. The molecule has 0 radical (unpaired) electrons. The van der Waals surface area contributed by atoms with E-state index < -0.39 is 0 Å². The number of amides is 1. The Hall–Kier alpha value is -3.34. The fourth-order valence-corrected chi connectivity index (χ4v) is 4.29. The molecule has 32 heavy (non-hydrogen) atoms. The highest BCUT2D eigenvalue weighted by atomic mass is 16.4. The minimum atomic E-state index is -0.384. The first-order valence-electron chi connectivity index (χ1n) is 11.1. The quantitative estimate of drug-likeness (QED) is 0.390. The van der Waals surface area contributed by atoms with Gasteiger partial charge in [0, 0.05) is 34.4 Å². The summed E-state index contributed by atoms with van der Waals surface area (Å²) < 4.78 is 11.3. The van der Waals surface area contributed by atoms with Gasteiger partial charge in [-0.25, -0.2) is 4.79 Å². The second-order valence-corrected chi connectivity index (χ2v) is 8.66. The monoisotopic (exact) mass is 431 g/mol. The molecule has 0 unspecified atom stereocenters. The summed E-state index contributed by atoms with van der Waals surface area (Å²) in [5.74, 6) is -0.0539. The summed E-state index contributed by atoms with van der Waals surface area (Å²) in [6, 6.07) is 12.3. The van der Waals surface area contributed by atoms with Gasteiger partial charge in [-0.05, 0) is 69.7 Å². The van der Waals surface area contributed by atoms with Crippen LogP contribution in [0.15, 0.2) is 56.3 Å². The van der Waals surface area contributed by atoms with Gasteiger partial charge in [0.05, 0.1) is 6.26 Å². The van der Waals surface area contributed by atoms with E-state index in [0.717, 1.165) is 45.9 Å². The molecular formula is C27H29NO4. The van der Waals surface area contributed by atoms with E-state index in [9.17, 15) is 9.59 Å². The fraction of sp³-hybridized carbons (Fsp3) is 0.333. The van der Waals surface area contributed by atoms with Gasteiger partial charge in [-0.15, -0.1) is 0 Å². The number of carbonyl (C=O) groups excluding carboxylic acids is 1. The summed E-state index contributed by atoms with van der Waals surface area (Å²) in [6.07, 6.45) is 4.10. The molecule has 1 amide bonds. The van der Waals surface area contributed by atoms with Crippen LogP contribution >= 0.6 is 0 Å². The average molecular weight is 432 g/mol. The first-order valence-corrected chi connectivity index (χ1v) is 11.1. The van der Waals surface area contributed by atoms with Crippen LogP contribution in [0.5, 0.6) is 0 Å². The molecule has 0 bridgehead atoms. The van der Waals surface area contributed by atoms with Crippen LogP contribution in [0.1, 0.15) is 47.6 Å². The van der Waals surface area contributed by atoms with Crippen molar-refractivity contribution in [1.29, 1.82) is 0 Å². The molecule has 0 aliphatic rings. The lowest BCUT2D eigenvalue weighted by atomic mass is 9.98. The number of nitrogens with one attached hydrogen (secondary N) is 1. The van der Waals surface area contributed by atoms with Gasteiger partial charge in [0.25, 0.3) is 0 Å². The topological polar surface area (TPSA) is 72.5 Å². The zero-order chi connectivity index (χ0) is 22.8. The van der Waals surface area contributed by atoms with Crippen LogP contribution in [0.3, 0.4) is 0 Å². The van der Waals surface area contributed by atoms with E-state index in [2.05, 4.69) is 17.4 Å². The maximum atomic E-state index is 12.7. The summed E-state index contributed by atoms with van der Waals surface area (Å²) in [5.41, 5.74) is 5.46. The number of hydrogen-bond acceptors (Lipinski definition) is 4. The lowest BCUT2D eigenvalue weighted by molar-refractivity contribution is -0.121. The standard InChI is InChI=1S/C27H29NO4/c1-16-15-31-25-19(4)26-23(14-22(16)25)18(3)21(27(30)32-26)12-13-24(29)28-17(2)10-11-20-8-6-5-7-9-20/h5-9,14-15,17H,10-13H2,1-4H3,(H,28,29)/t17-/m0/s1. The Kier molecular flexibility index (Phi) is 6.17. The number of rotatable bonds is 7. The predicted molar refractivity (Wildman–Crippen MR) is 127 cm³/mol. The molecule has 4 aromatic rings. The van der Waals surface area contributed by atoms with Crippen LogP contribution < -0.4 is 10.9 Å². The molecule has 0 fully saturated rings. The molecular weight excluding hydrogens is 402 g/mol. The van der Waals surface area contributed by atoms with Gasteiger partial charge >= 0.3 is 5.63 Å². The Morgan fingerprint density at radius 2 is 1.75 bits per heavy atom. The highest BCUT2D eigenvalue weighted by Gasteiger charge is 2.18. The summed E-state index contributed by atoms with van der Waals surface area (Å²) in [4.78, 5) is 25.2. The van der Waals surface area contributed by atoms with Crippen molar-refractivity contribution >= 4 is 27.8 Å². The van der Waals surface area contributed by atoms with Crippen molar-refractivity contribution in [1.82, 2.24) is 5.32 Å². The molecule has 2 aromatic heterocycles. The second kappa shape index (κ2) is 9.03. The van der Waals surface area contributed by atoms with E-state index in [1.165, 1.54) is 5.56 Å². The van der Waals surface area contributed by atoms with Gasteiger partial charge in [0.2, 0.25) is 5.91 Å². The smallest absolute Gasteiger partial charge is 0.339 e. The van der Waals surface area contributed by atoms with Crippen molar-refractivity contribution in [2.75, 3.05) is 0 Å². The summed E-state index contributed by atoms with van der Waals surface area (Å²) in [5, 5.41) is 4.96. The average Bonchev–Trinajstić information content (AvgIpc) is 3.15. The molecule has 0 aliphatic heterocycles. The third kappa shape index (κ3) is 4.33. The maximum Gasteiger partial charge on any atom is 0.339 e. The third-order valence-electron chi connectivity index (χ3n) is 6.25. The van der Waals surface area contributed by atoms with E-state index in [4.69, 9.17) is 8.83 Å². The van der Waals surface area contributed by atoms with Gasteiger partial charge in [0.15, 0.2) is 0 Å². The molecule has 0 spiro atoms. The second-order valence-electron chi connectivity index (χ2n) is 8.66. The van der Waals surface area contributed by atoms with Gasteiger partial charge in [-0.1, -0.05) is 30.3 Å². The van der Waals surface area contributed by atoms with E-state index in [-0.39, 0.29) is 24.0 Å². The van der Waals surface area contributed by atoms with Crippen molar-refractivity contribution < 1.29 is 13.6 Å². The lowest BCUT2D eigenvalue weighted by Crippen LogP contribution is -2.33. The van der Waals surface area contributed by atoms with E-state index in [1.807, 2.05) is 52.0 Å². The van der Waals surface area contributed by atoms with Crippen LogP contribution in [0, 0.1) is 20.8 Å². The number of hydrogen-bond donors (Lipinski definition) is 1. The van der Waals surface area contributed by atoms with Gasteiger partial charge in [0.1, 0.15) is 11.2 Å². The molecule has 1 atom stereocenters. The van der Waals surface area contributed by atoms with Crippen LogP contribution in [0.4, 0.5) is 0 Å². The minimum absolute atomic E-state index is 0.0539. The van der Waals surface area contributed by atoms with Crippen molar-refractivity contribution in [3.63, 3.8) is 0 Å². The molecule has 0 aliphatic carbocycles. The fourth-order valence-electron chi connectivity index (χ4n) is 4.29. The number of furan rings is 1. The van der Waals surface area contributed by atoms with Crippen molar-refractivity contribution in [3.8, 4) is 0 Å². The van der Waals surface area contributed by atoms with E-state index in [0.29, 0.717) is 17.6 Å². The van der Waals surface area contributed by atoms with Crippen LogP contribution in [0.2, 0.25) is 0 Å². The van der Waals surface area contributed by atoms with Crippen LogP contribution in [0.25, 0.3) is 21.9 Å². The number of carbonyl (C=O) groups is 1. The Balaban J connectivity index is 1.46. The number of aryl methyl sites for hydroxylation is 4. The zero-order valence-corrected chi connectivity index (χ0v) is 19.1. The Morgan fingerprint density at radius 3 is 2.50 bits per heavy atom. The largest absolute Gasteiger partial charge is 0.464 e. The van der Waals surface area contributed by atoms with Crippen LogP contribution in [-0.4, -0.2) is 11.9 Å². The number of benzene rings is 2. The lowest BCUT2D eigenvalue weighted by Gasteiger charge is -2.14. The molecule has 2 heterocycles. The van der Waals surface area contributed by atoms with Gasteiger partial charge in [-0.2, -0.15) is 0 Å². The normalized spacial score (nSPS) is 12.4. The zero-order valence-electron chi connectivity index (χ0n) is 19.1. The Morgan fingerprint density at radius 1 is 1.00 bits per heavy atom. The highest BCUT2D eigenvalue weighted by molar-refractivity contribution is 5.99. The highest BCUT2D eigenvalue weighted by Crippen LogP contribution is 2.32. The van der Waals surface area contributed by atoms with E-state index in [1.54, 1.807) is 6.26 Å². The number of fused-ring (bicyclic) bond motifs is 2. The minimum Gasteiger partial charge on any atom is -0.464 e. The Labute approximate surface area is 187 Å². The van der Waals surface area contributed by atoms with Crippen molar-refractivity contribution in [3.05, 3.63) is 80.9 Å². The molecule has 1 N–H and O–H groups in total. The first-order chi connectivity index (χ1) is 15.3. The van der Waals surface area contributed by atoms with Crippen LogP contribution in [-0.2, 0) is 17.6 Å².